The molecule has 7 heteroatoms. The first-order chi connectivity index (χ1) is 7.88. The molecule has 2 N–H and O–H groups in total. The monoisotopic (exact) mass is 259 g/mol. The number of imidazole rings is 1. The number of halogens is 3. The summed E-state index contributed by atoms with van der Waals surface area (Å²) in [5.74, 6) is 0. The lowest BCUT2D eigenvalue weighted by atomic mass is 10.2. The molecule has 0 saturated heterocycles. The summed E-state index contributed by atoms with van der Waals surface area (Å²) in [6.45, 7) is 0. The third kappa shape index (κ3) is 2.38. The van der Waals surface area contributed by atoms with E-state index in [-0.39, 0.29) is 11.4 Å². The van der Waals surface area contributed by atoms with Gasteiger partial charge < -0.3 is 10.1 Å². The van der Waals surface area contributed by atoms with Crippen LogP contribution in [0, 0.1) is 0 Å². The fourth-order valence-corrected chi connectivity index (χ4v) is 1.66. The number of thiocarbonyl (C=S) groups is 1. The quantitative estimate of drug-likeness (QED) is 0.841. The lowest BCUT2D eigenvalue weighted by molar-refractivity contribution is -0.137. The number of fused-ring (bicyclic) bond motifs is 1. The minimum Gasteiger partial charge on any atom is -0.393 e. The Hall–Kier alpha value is -1.63. The predicted molar refractivity (Wildman–Crippen MR) is 60.7 cm³/mol. The van der Waals surface area contributed by atoms with Crippen molar-refractivity contribution >= 4 is 22.9 Å². The Balaban J connectivity index is 2.54. The van der Waals surface area contributed by atoms with Crippen molar-refractivity contribution in [2.24, 2.45) is 5.73 Å². The Morgan fingerprint density at radius 1 is 1.41 bits per heavy atom. The number of alkyl halides is 3. The number of aromatic nitrogens is 2. The second kappa shape index (κ2) is 3.99. The molecule has 3 nitrogen and oxygen atoms in total. The van der Waals surface area contributed by atoms with Gasteiger partial charge in [0.15, 0.2) is 0 Å². The molecule has 2 rings (SSSR count). The van der Waals surface area contributed by atoms with E-state index in [1.807, 2.05) is 0 Å². The van der Waals surface area contributed by atoms with Gasteiger partial charge in [0.25, 0.3) is 0 Å². The summed E-state index contributed by atoms with van der Waals surface area (Å²) in [5.41, 5.74) is 5.61. The van der Waals surface area contributed by atoms with Crippen molar-refractivity contribution in [3.63, 3.8) is 0 Å². The van der Waals surface area contributed by atoms with Crippen LogP contribution in [0.1, 0.15) is 11.3 Å². The maximum atomic E-state index is 12.5. The molecule has 0 aliphatic carbocycles. The van der Waals surface area contributed by atoms with Crippen LogP contribution in [0.2, 0.25) is 0 Å². The van der Waals surface area contributed by atoms with Crippen LogP contribution in [0.15, 0.2) is 24.5 Å². The van der Waals surface area contributed by atoms with E-state index in [1.54, 1.807) is 0 Å². The molecule has 2 aromatic rings. The van der Waals surface area contributed by atoms with E-state index in [4.69, 9.17) is 18.0 Å². The van der Waals surface area contributed by atoms with Gasteiger partial charge in [0, 0.05) is 24.5 Å². The van der Waals surface area contributed by atoms with E-state index < -0.39 is 11.7 Å². The average molecular weight is 259 g/mol. The maximum Gasteiger partial charge on any atom is 0.417 e. The van der Waals surface area contributed by atoms with Crippen LogP contribution in [0.4, 0.5) is 13.2 Å². The van der Waals surface area contributed by atoms with Crippen molar-refractivity contribution in [1.29, 1.82) is 0 Å². The second-order valence-corrected chi connectivity index (χ2v) is 4.06. The molecule has 0 aliphatic rings. The minimum atomic E-state index is -4.38. The van der Waals surface area contributed by atoms with Crippen LogP contribution in [0.25, 0.3) is 5.65 Å². The molecule has 0 aromatic carbocycles. The number of hydrogen-bond acceptors (Lipinski definition) is 2. The normalized spacial score (nSPS) is 11.9. The van der Waals surface area contributed by atoms with Crippen LogP contribution in [-0.4, -0.2) is 14.4 Å². The van der Waals surface area contributed by atoms with Gasteiger partial charge >= 0.3 is 6.18 Å². The first-order valence-corrected chi connectivity index (χ1v) is 5.10. The Bertz CT molecular complexity index is 574. The average Bonchev–Trinajstić information content (AvgIpc) is 2.59. The zero-order chi connectivity index (χ0) is 12.6. The van der Waals surface area contributed by atoms with Crippen LogP contribution < -0.4 is 5.73 Å². The molecule has 0 atom stereocenters. The number of pyridine rings is 1. The van der Waals surface area contributed by atoms with Gasteiger partial charge in [-0.3, -0.25) is 0 Å². The van der Waals surface area contributed by atoms with E-state index in [0.717, 1.165) is 12.3 Å². The fourth-order valence-electron chi connectivity index (χ4n) is 1.51. The SMILES string of the molecule is NC(=S)Cc1cnc2ccc(C(F)(F)F)cn12. The highest BCUT2D eigenvalue weighted by atomic mass is 32.1. The zero-order valence-corrected chi connectivity index (χ0v) is 9.35. The molecule has 0 amide bonds. The Labute approximate surface area is 100 Å². The molecule has 0 bridgehead atoms. The molecule has 17 heavy (non-hydrogen) atoms. The third-order valence-corrected chi connectivity index (χ3v) is 2.41. The number of nitrogens with zero attached hydrogens (tertiary/aromatic N) is 2. The summed E-state index contributed by atoms with van der Waals surface area (Å²) < 4.78 is 38.9. The Morgan fingerprint density at radius 3 is 2.71 bits per heavy atom. The largest absolute Gasteiger partial charge is 0.417 e. The van der Waals surface area contributed by atoms with Crippen molar-refractivity contribution in [1.82, 2.24) is 9.38 Å². The molecule has 2 heterocycles. The van der Waals surface area contributed by atoms with E-state index >= 15 is 0 Å². The number of hydrogen-bond donors (Lipinski definition) is 1. The highest BCUT2D eigenvalue weighted by molar-refractivity contribution is 7.80. The lowest BCUT2D eigenvalue weighted by Gasteiger charge is -2.08. The van der Waals surface area contributed by atoms with Crippen LogP contribution in [-0.2, 0) is 12.6 Å². The first-order valence-electron chi connectivity index (χ1n) is 4.69. The number of nitrogens with two attached hydrogens (primary N) is 1. The highest BCUT2D eigenvalue weighted by Crippen LogP contribution is 2.29. The predicted octanol–water partition coefficient (Wildman–Crippen LogP) is 2.18. The van der Waals surface area contributed by atoms with E-state index in [0.29, 0.717) is 11.3 Å². The van der Waals surface area contributed by atoms with Crippen molar-refractivity contribution in [2.45, 2.75) is 12.6 Å². The van der Waals surface area contributed by atoms with Crippen LogP contribution in [0.5, 0.6) is 0 Å². The van der Waals surface area contributed by atoms with Gasteiger partial charge in [0.05, 0.1) is 10.6 Å². The molecular weight excluding hydrogens is 251 g/mol. The molecule has 0 aliphatic heterocycles. The molecule has 90 valence electrons. The topological polar surface area (TPSA) is 43.3 Å². The van der Waals surface area contributed by atoms with Crippen molar-refractivity contribution in [3.8, 4) is 0 Å². The van der Waals surface area contributed by atoms with Crippen molar-refractivity contribution < 1.29 is 13.2 Å². The van der Waals surface area contributed by atoms with Gasteiger partial charge in [-0.25, -0.2) is 4.98 Å². The van der Waals surface area contributed by atoms with Gasteiger partial charge in [0.2, 0.25) is 0 Å². The summed E-state index contributed by atoms with van der Waals surface area (Å²) in [6.07, 6.45) is -1.69. The molecular formula is C10H8F3N3S. The number of rotatable bonds is 2. The van der Waals surface area contributed by atoms with E-state index in [2.05, 4.69) is 4.98 Å². The molecule has 2 aromatic heterocycles. The summed E-state index contributed by atoms with van der Waals surface area (Å²) in [6, 6.07) is 2.30. The van der Waals surface area contributed by atoms with Gasteiger partial charge in [-0.15, -0.1) is 0 Å². The maximum absolute atomic E-state index is 12.5. The minimum absolute atomic E-state index is 0.212. The Morgan fingerprint density at radius 2 is 2.12 bits per heavy atom. The summed E-state index contributed by atoms with van der Waals surface area (Å²) in [4.78, 5) is 4.19. The molecule has 0 radical (unpaired) electrons. The lowest BCUT2D eigenvalue weighted by Crippen LogP contribution is -2.13. The van der Waals surface area contributed by atoms with Crippen LogP contribution in [0.3, 0.4) is 0 Å². The summed E-state index contributed by atoms with van der Waals surface area (Å²) in [7, 11) is 0. The Kier molecular flexibility index (Phi) is 2.78. The van der Waals surface area contributed by atoms with E-state index in [1.165, 1.54) is 16.7 Å². The highest BCUT2D eigenvalue weighted by Gasteiger charge is 2.31. The molecule has 0 fully saturated rings. The molecule has 0 spiro atoms. The van der Waals surface area contributed by atoms with Crippen molar-refractivity contribution in [3.05, 3.63) is 35.8 Å². The fraction of sp³-hybridized carbons (Fsp3) is 0.200. The van der Waals surface area contributed by atoms with Crippen LogP contribution >= 0.6 is 12.2 Å². The smallest absolute Gasteiger partial charge is 0.393 e. The summed E-state index contributed by atoms with van der Waals surface area (Å²) in [5, 5.41) is 0. The standard InChI is InChI=1S/C10H8F3N3S/c11-10(12,13)6-1-2-9-15-4-7(3-8(14)17)16(9)5-6/h1-2,4-5H,3H2,(H2,14,17). The molecule has 0 saturated carbocycles. The molecule has 0 unspecified atom stereocenters. The zero-order valence-electron chi connectivity index (χ0n) is 8.53. The van der Waals surface area contributed by atoms with Crippen molar-refractivity contribution in [2.75, 3.05) is 0 Å². The third-order valence-electron chi connectivity index (χ3n) is 2.26. The van der Waals surface area contributed by atoms with Gasteiger partial charge in [0.1, 0.15) is 5.65 Å². The van der Waals surface area contributed by atoms with Gasteiger partial charge in [-0.2, -0.15) is 13.2 Å². The first kappa shape index (κ1) is 11.8. The van der Waals surface area contributed by atoms with Gasteiger partial charge in [-0.05, 0) is 12.1 Å². The van der Waals surface area contributed by atoms with Gasteiger partial charge in [-0.1, -0.05) is 12.2 Å². The van der Waals surface area contributed by atoms with E-state index in [9.17, 15) is 13.2 Å². The summed E-state index contributed by atoms with van der Waals surface area (Å²) >= 11 is 4.73. The second-order valence-electron chi connectivity index (χ2n) is 3.54.